The first-order valence-corrected chi connectivity index (χ1v) is 6.15. The summed E-state index contributed by atoms with van der Waals surface area (Å²) in [5.74, 6) is -0.107. The Kier molecular flexibility index (Phi) is 4.45. The van der Waals surface area contributed by atoms with Crippen molar-refractivity contribution < 1.29 is 4.79 Å². The van der Waals surface area contributed by atoms with Gasteiger partial charge in [0.05, 0.1) is 0 Å². The Morgan fingerprint density at radius 2 is 2.05 bits per heavy atom. The lowest BCUT2D eigenvalue weighted by molar-refractivity contribution is -0.116. The van der Waals surface area contributed by atoms with Gasteiger partial charge in [0.1, 0.15) is 0 Å². The summed E-state index contributed by atoms with van der Waals surface area (Å²) in [7, 11) is 0. The highest BCUT2D eigenvalue weighted by molar-refractivity contribution is 5.91. The van der Waals surface area contributed by atoms with Gasteiger partial charge < -0.3 is 5.32 Å². The van der Waals surface area contributed by atoms with Crippen molar-refractivity contribution in [2.24, 2.45) is 0 Å². The highest BCUT2D eigenvalue weighted by Crippen LogP contribution is 2.02. The molecule has 3 nitrogen and oxygen atoms in total. The summed E-state index contributed by atoms with van der Waals surface area (Å²) in [6.07, 6.45) is 6.68. The Morgan fingerprint density at radius 1 is 1.26 bits per heavy atom. The maximum Gasteiger partial charge on any atom is 0.244 e. The highest BCUT2D eigenvalue weighted by Gasteiger charge is 1.96. The number of aromatic nitrogens is 1. The topological polar surface area (TPSA) is 42.0 Å². The molecule has 0 bridgehead atoms. The van der Waals surface area contributed by atoms with Crippen molar-refractivity contribution in [3.63, 3.8) is 0 Å². The minimum absolute atomic E-state index is 0.107. The lowest BCUT2D eigenvalue weighted by Gasteiger charge is -2.02. The van der Waals surface area contributed by atoms with Crippen molar-refractivity contribution >= 4 is 12.0 Å². The number of nitrogens with one attached hydrogen (secondary N) is 1. The molecule has 0 saturated heterocycles. The largest absolute Gasteiger partial charge is 0.348 e. The molecular weight excluding hydrogens is 236 g/mol. The molecule has 0 spiro atoms. The first-order valence-electron chi connectivity index (χ1n) is 6.15. The number of aryl methyl sites for hydroxylation is 1. The van der Waals surface area contributed by atoms with Gasteiger partial charge in [0.25, 0.3) is 0 Å². The quantitative estimate of drug-likeness (QED) is 0.850. The average Bonchev–Trinajstić information content (AvgIpc) is 2.45. The predicted molar refractivity (Wildman–Crippen MR) is 76.3 cm³/mol. The van der Waals surface area contributed by atoms with Gasteiger partial charge in [-0.1, -0.05) is 35.9 Å². The van der Waals surface area contributed by atoms with Crippen molar-refractivity contribution in [1.82, 2.24) is 10.3 Å². The highest BCUT2D eigenvalue weighted by atomic mass is 16.1. The monoisotopic (exact) mass is 252 g/mol. The smallest absolute Gasteiger partial charge is 0.244 e. The standard InChI is InChI=1S/C16H16N2O/c1-13-4-6-15(7-5-13)12-18-16(19)9-8-14-3-2-10-17-11-14/h2-11H,12H2,1H3,(H,18,19). The fourth-order valence-corrected chi connectivity index (χ4v) is 1.60. The molecule has 1 amide bonds. The Morgan fingerprint density at radius 3 is 2.74 bits per heavy atom. The number of hydrogen-bond acceptors (Lipinski definition) is 2. The molecule has 1 heterocycles. The Bertz CT molecular complexity index is 559. The number of carbonyl (C=O) groups is 1. The summed E-state index contributed by atoms with van der Waals surface area (Å²) in [5.41, 5.74) is 3.22. The minimum Gasteiger partial charge on any atom is -0.348 e. The summed E-state index contributed by atoms with van der Waals surface area (Å²) in [6, 6.07) is 11.8. The van der Waals surface area contributed by atoms with E-state index in [9.17, 15) is 4.79 Å². The lowest BCUT2D eigenvalue weighted by Crippen LogP contribution is -2.20. The van der Waals surface area contributed by atoms with Crippen molar-refractivity contribution in [1.29, 1.82) is 0 Å². The van der Waals surface area contributed by atoms with Crippen molar-refractivity contribution in [3.05, 3.63) is 71.6 Å². The van der Waals surface area contributed by atoms with Gasteiger partial charge in [-0.25, -0.2) is 0 Å². The van der Waals surface area contributed by atoms with E-state index >= 15 is 0 Å². The second kappa shape index (κ2) is 6.50. The molecule has 0 atom stereocenters. The van der Waals surface area contributed by atoms with Gasteiger partial charge in [-0.2, -0.15) is 0 Å². The SMILES string of the molecule is Cc1ccc(CNC(=O)C=Cc2cccnc2)cc1. The third-order valence-corrected chi connectivity index (χ3v) is 2.70. The third kappa shape index (κ3) is 4.39. The normalized spacial score (nSPS) is 10.6. The van der Waals surface area contributed by atoms with Crippen LogP contribution in [0.4, 0.5) is 0 Å². The zero-order valence-corrected chi connectivity index (χ0v) is 10.8. The zero-order valence-electron chi connectivity index (χ0n) is 10.8. The van der Waals surface area contributed by atoms with Crippen molar-refractivity contribution in [3.8, 4) is 0 Å². The molecule has 1 aromatic heterocycles. The van der Waals surface area contributed by atoms with Crippen LogP contribution in [0.5, 0.6) is 0 Å². The van der Waals surface area contributed by atoms with Gasteiger partial charge in [0, 0.05) is 25.0 Å². The molecule has 0 aliphatic carbocycles. The van der Waals surface area contributed by atoms with E-state index in [1.54, 1.807) is 18.5 Å². The van der Waals surface area contributed by atoms with E-state index < -0.39 is 0 Å². The van der Waals surface area contributed by atoms with Crippen LogP contribution in [-0.4, -0.2) is 10.9 Å². The van der Waals surface area contributed by atoms with Gasteiger partial charge >= 0.3 is 0 Å². The van der Waals surface area contributed by atoms with E-state index in [0.717, 1.165) is 11.1 Å². The minimum atomic E-state index is -0.107. The van der Waals surface area contributed by atoms with Gasteiger partial charge in [-0.3, -0.25) is 9.78 Å². The molecule has 1 N–H and O–H groups in total. The molecule has 0 unspecified atom stereocenters. The summed E-state index contributed by atoms with van der Waals surface area (Å²) in [5, 5.41) is 2.84. The number of benzene rings is 1. The van der Waals surface area contributed by atoms with Crippen LogP contribution in [0.15, 0.2) is 54.9 Å². The fraction of sp³-hybridized carbons (Fsp3) is 0.125. The van der Waals surface area contributed by atoms with Gasteiger partial charge in [-0.15, -0.1) is 0 Å². The molecule has 0 fully saturated rings. The summed E-state index contributed by atoms with van der Waals surface area (Å²) >= 11 is 0. The van der Waals surface area contributed by atoms with E-state index in [4.69, 9.17) is 0 Å². The molecular formula is C16H16N2O. The molecule has 1 aromatic carbocycles. The third-order valence-electron chi connectivity index (χ3n) is 2.70. The Labute approximate surface area is 113 Å². The van der Waals surface area contributed by atoms with E-state index in [0.29, 0.717) is 6.54 Å². The van der Waals surface area contributed by atoms with E-state index in [1.165, 1.54) is 11.6 Å². The van der Waals surface area contributed by atoms with Crippen LogP contribution in [0, 0.1) is 6.92 Å². The van der Waals surface area contributed by atoms with Crippen LogP contribution in [0.1, 0.15) is 16.7 Å². The fourth-order valence-electron chi connectivity index (χ4n) is 1.60. The first-order chi connectivity index (χ1) is 9.24. The van der Waals surface area contributed by atoms with Gasteiger partial charge in [-0.05, 0) is 30.2 Å². The van der Waals surface area contributed by atoms with Gasteiger partial charge in [0.2, 0.25) is 5.91 Å². The van der Waals surface area contributed by atoms with Crippen LogP contribution >= 0.6 is 0 Å². The maximum absolute atomic E-state index is 11.6. The molecule has 0 radical (unpaired) electrons. The van der Waals surface area contributed by atoms with Crippen LogP contribution in [0.2, 0.25) is 0 Å². The molecule has 3 heteroatoms. The lowest BCUT2D eigenvalue weighted by atomic mass is 10.1. The van der Waals surface area contributed by atoms with E-state index in [-0.39, 0.29) is 5.91 Å². The summed E-state index contributed by atoms with van der Waals surface area (Å²) in [4.78, 5) is 15.6. The number of hydrogen-bond donors (Lipinski definition) is 1. The van der Waals surface area contributed by atoms with Crippen molar-refractivity contribution in [2.45, 2.75) is 13.5 Å². The van der Waals surface area contributed by atoms with Crippen molar-refractivity contribution in [2.75, 3.05) is 0 Å². The number of rotatable bonds is 4. The van der Waals surface area contributed by atoms with Crippen LogP contribution in [0.25, 0.3) is 6.08 Å². The van der Waals surface area contributed by atoms with Crippen LogP contribution < -0.4 is 5.32 Å². The van der Waals surface area contributed by atoms with Gasteiger partial charge in [0.15, 0.2) is 0 Å². The predicted octanol–water partition coefficient (Wildman–Crippen LogP) is 2.72. The number of carbonyl (C=O) groups excluding carboxylic acids is 1. The number of nitrogens with zero attached hydrogens (tertiary/aromatic N) is 1. The molecule has 2 aromatic rings. The molecule has 0 aliphatic rings. The first kappa shape index (κ1) is 13.0. The maximum atomic E-state index is 11.6. The second-order valence-corrected chi connectivity index (χ2v) is 4.32. The summed E-state index contributed by atoms with van der Waals surface area (Å²) < 4.78 is 0. The molecule has 0 aliphatic heterocycles. The van der Waals surface area contributed by atoms with E-state index in [2.05, 4.69) is 10.3 Å². The second-order valence-electron chi connectivity index (χ2n) is 4.32. The number of amides is 1. The molecule has 2 rings (SSSR count). The summed E-state index contributed by atoms with van der Waals surface area (Å²) in [6.45, 7) is 2.58. The van der Waals surface area contributed by atoms with Crippen LogP contribution in [0.3, 0.4) is 0 Å². The van der Waals surface area contributed by atoms with E-state index in [1.807, 2.05) is 43.3 Å². The molecule has 96 valence electrons. The zero-order chi connectivity index (χ0) is 13.5. The number of pyridine rings is 1. The molecule has 0 saturated carbocycles. The average molecular weight is 252 g/mol. The molecule has 19 heavy (non-hydrogen) atoms. The Hall–Kier alpha value is -2.42. The Balaban J connectivity index is 1.85. The van der Waals surface area contributed by atoms with Crippen LogP contribution in [-0.2, 0) is 11.3 Å².